The van der Waals surface area contributed by atoms with E-state index in [4.69, 9.17) is 4.74 Å². The first-order chi connectivity index (χ1) is 11.7. The molecule has 1 aliphatic heterocycles. The Bertz CT molecular complexity index is 355. The first kappa shape index (κ1) is 19.7. The summed E-state index contributed by atoms with van der Waals surface area (Å²) in [5.74, 6) is 1.44. The van der Waals surface area contributed by atoms with Crippen LogP contribution in [0, 0.1) is 17.8 Å². The zero-order valence-electron chi connectivity index (χ0n) is 15.5. The van der Waals surface area contributed by atoms with Crippen LogP contribution in [0.3, 0.4) is 0 Å². The molecule has 1 heterocycles. The summed E-state index contributed by atoms with van der Waals surface area (Å²) in [7, 11) is 0. The molecule has 4 heteroatoms. The second-order valence-corrected chi connectivity index (χ2v) is 7.94. The molecule has 1 saturated heterocycles. The number of esters is 1. The molecular weight excluding hydrogens is 302 g/mol. The highest BCUT2D eigenvalue weighted by Crippen LogP contribution is 2.29. The Balaban J connectivity index is 1.72. The Morgan fingerprint density at radius 1 is 1.00 bits per heavy atom. The van der Waals surface area contributed by atoms with Crippen molar-refractivity contribution < 1.29 is 14.6 Å². The van der Waals surface area contributed by atoms with Gasteiger partial charge >= 0.3 is 5.97 Å². The molecule has 4 nitrogen and oxygen atoms in total. The van der Waals surface area contributed by atoms with Crippen molar-refractivity contribution in [2.24, 2.45) is 17.8 Å². The summed E-state index contributed by atoms with van der Waals surface area (Å²) < 4.78 is 5.60. The maximum atomic E-state index is 12.1. The normalized spacial score (nSPS) is 31.2. The average Bonchev–Trinajstić information content (AvgIpc) is 2.63. The van der Waals surface area contributed by atoms with Crippen LogP contribution in [-0.2, 0) is 9.53 Å². The van der Waals surface area contributed by atoms with Crippen molar-refractivity contribution >= 4 is 5.97 Å². The minimum absolute atomic E-state index is 0.0175. The Kier molecular flexibility index (Phi) is 9.11. The molecule has 0 spiro atoms. The number of nitrogens with one attached hydrogen (secondary N) is 1. The van der Waals surface area contributed by atoms with Gasteiger partial charge in [-0.3, -0.25) is 4.79 Å². The van der Waals surface area contributed by atoms with Gasteiger partial charge in [-0.05, 0) is 57.0 Å². The number of carbonyl (C=O) groups excluding carboxylic acids is 1. The van der Waals surface area contributed by atoms with Crippen LogP contribution in [0.25, 0.3) is 0 Å². The maximum absolute atomic E-state index is 12.1. The molecule has 0 aromatic carbocycles. The van der Waals surface area contributed by atoms with Gasteiger partial charge in [0, 0.05) is 0 Å². The number of ether oxygens (including phenoxy) is 1. The van der Waals surface area contributed by atoms with Gasteiger partial charge in [-0.2, -0.15) is 0 Å². The highest BCUT2D eigenvalue weighted by atomic mass is 16.5. The van der Waals surface area contributed by atoms with E-state index in [-0.39, 0.29) is 18.0 Å². The van der Waals surface area contributed by atoms with Gasteiger partial charge in [-0.1, -0.05) is 45.4 Å². The highest BCUT2D eigenvalue weighted by Gasteiger charge is 2.23. The molecule has 0 bridgehead atoms. The van der Waals surface area contributed by atoms with Crippen molar-refractivity contribution in [1.29, 1.82) is 0 Å². The Morgan fingerprint density at radius 2 is 1.71 bits per heavy atom. The van der Waals surface area contributed by atoms with E-state index in [1.807, 2.05) is 0 Å². The fourth-order valence-corrected chi connectivity index (χ4v) is 4.22. The summed E-state index contributed by atoms with van der Waals surface area (Å²) in [6, 6.07) is 0. The van der Waals surface area contributed by atoms with Gasteiger partial charge in [0.15, 0.2) is 0 Å². The summed E-state index contributed by atoms with van der Waals surface area (Å²) in [6.07, 6.45) is 11.8. The van der Waals surface area contributed by atoms with E-state index in [2.05, 4.69) is 12.2 Å². The van der Waals surface area contributed by atoms with Crippen LogP contribution in [0.5, 0.6) is 0 Å². The van der Waals surface area contributed by atoms with E-state index in [0.717, 1.165) is 58.0 Å². The van der Waals surface area contributed by atoms with E-state index in [1.165, 1.54) is 25.7 Å². The van der Waals surface area contributed by atoms with Crippen LogP contribution in [0.15, 0.2) is 0 Å². The monoisotopic (exact) mass is 339 g/mol. The molecule has 2 N–H and O–H groups in total. The van der Waals surface area contributed by atoms with Gasteiger partial charge < -0.3 is 15.2 Å². The lowest BCUT2D eigenvalue weighted by molar-refractivity contribution is -0.149. The number of aliphatic hydroxyl groups excluding tert-OH is 1. The minimum atomic E-state index is -0.0975. The molecule has 0 aromatic rings. The van der Waals surface area contributed by atoms with Crippen molar-refractivity contribution in [3.05, 3.63) is 0 Å². The van der Waals surface area contributed by atoms with E-state index in [0.29, 0.717) is 18.4 Å². The molecule has 2 fully saturated rings. The molecule has 1 aliphatic carbocycles. The van der Waals surface area contributed by atoms with Gasteiger partial charge in [-0.15, -0.1) is 0 Å². The lowest BCUT2D eigenvalue weighted by Crippen LogP contribution is -2.33. The lowest BCUT2D eigenvalue weighted by atomic mass is 9.84. The third-order valence-corrected chi connectivity index (χ3v) is 6.02. The molecule has 2 aliphatic rings. The largest absolute Gasteiger partial charge is 0.465 e. The van der Waals surface area contributed by atoms with Crippen molar-refractivity contribution in [2.45, 2.75) is 83.7 Å². The number of rotatable bonds is 4. The summed E-state index contributed by atoms with van der Waals surface area (Å²) in [6.45, 7) is 4.79. The van der Waals surface area contributed by atoms with Crippen LogP contribution in [0.2, 0.25) is 0 Å². The van der Waals surface area contributed by atoms with Crippen LogP contribution in [0.4, 0.5) is 0 Å². The van der Waals surface area contributed by atoms with Crippen LogP contribution >= 0.6 is 0 Å². The fourth-order valence-electron chi connectivity index (χ4n) is 4.22. The maximum Gasteiger partial charge on any atom is 0.309 e. The summed E-state index contributed by atoms with van der Waals surface area (Å²) >= 11 is 0. The van der Waals surface area contributed by atoms with Crippen LogP contribution < -0.4 is 5.32 Å². The Labute approximate surface area is 147 Å². The zero-order chi connectivity index (χ0) is 17.2. The molecule has 2 unspecified atom stereocenters. The van der Waals surface area contributed by atoms with Crippen molar-refractivity contribution in [3.63, 3.8) is 0 Å². The van der Waals surface area contributed by atoms with Crippen LogP contribution in [-0.4, -0.2) is 36.9 Å². The highest BCUT2D eigenvalue weighted by molar-refractivity contribution is 5.72. The first-order valence-electron chi connectivity index (χ1n) is 10.2. The minimum Gasteiger partial charge on any atom is -0.465 e. The standard InChI is InChI=1S/C20H37NO3/c1-16-6-5-9-19(22)8-4-2-3-7-17(16)12-15-24-20(23)18-10-13-21-14-11-18/h16-19,21-22H,2-15H2,1H3/t16-,17?,19?/m1/s1. The molecule has 140 valence electrons. The second-order valence-electron chi connectivity index (χ2n) is 7.94. The number of piperidine rings is 1. The first-order valence-corrected chi connectivity index (χ1v) is 10.2. The average molecular weight is 340 g/mol. The van der Waals surface area contributed by atoms with Gasteiger partial charge in [0.1, 0.15) is 0 Å². The smallest absolute Gasteiger partial charge is 0.309 e. The molecule has 0 aromatic heterocycles. The number of carbonyl (C=O) groups is 1. The van der Waals surface area contributed by atoms with Crippen molar-refractivity contribution in [1.82, 2.24) is 5.32 Å². The second kappa shape index (κ2) is 11.1. The van der Waals surface area contributed by atoms with E-state index >= 15 is 0 Å². The lowest BCUT2D eigenvalue weighted by Gasteiger charge is -2.25. The van der Waals surface area contributed by atoms with Gasteiger partial charge in [0.05, 0.1) is 18.6 Å². The van der Waals surface area contributed by atoms with Gasteiger partial charge in [0.25, 0.3) is 0 Å². The van der Waals surface area contributed by atoms with Gasteiger partial charge in [0.2, 0.25) is 0 Å². The number of hydrogen-bond acceptors (Lipinski definition) is 4. The summed E-state index contributed by atoms with van der Waals surface area (Å²) in [5, 5.41) is 13.2. The Morgan fingerprint density at radius 3 is 2.50 bits per heavy atom. The SMILES string of the molecule is C[C@@H]1CCCC(O)CCCCCC1CCOC(=O)C1CCNCC1. The fraction of sp³-hybridized carbons (Fsp3) is 0.950. The molecule has 2 rings (SSSR count). The quantitative estimate of drug-likeness (QED) is 0.767. The number of hydrogen-bond donors (Lipinski definition) is 2. The Hall–Kier alpha value is -0.610. The molecule has 24 heavy (non-hydrogen) atoms. The third-order valence-electron chi connectivity index (χ3n) is 6.02. The number of aliphatic hydroxyl groups is 1. The van der Waals surface area contributed by atoms with Crippen molar-refractivity contribution in [2.75, 3.05) is 19.7 Å². The molecule has 0 radical (unpaired) electrons. The van der Waals surface area contributed by atoms with E-state index < -0.39 is 0 Å². The topological polar surface area (TPSA) is 58.6 Å². The van der Waals surface area contributed by atoms with Crippen molar-refractivity contribution in [3.8, 4) is 0 Å². The molecule has 1 saturated carbocycles. The molecule has 0 amide bonds. The zero-order valence-corrected chi connectivity index (χ0v) is 15.5. The summed E-state index contributed by atoms with van der Waals surface area (Å²) in [5.41, 5.74) is 0. The van der Waals surface area contributed by atoms with Gasteiger partial charge in [-0.25, -0.2) is 0 Å². The van der Waals surface area contributed by atoms with Crippen LogP contribution in [0.1, 0.15) is 77.6 Å². The predicted molar refractivity (Wildman–Crippen MR) is 96.8 cm³/mol. The molecule has 3 atom stereocenters. The predicted octanol–water partition coefficient (Wildman–Crippen LogP) is 3.67. The third kappa shape index (κ3) is 7.10. The summed E-state index contributed by atoms with van der Waals surface area (Å²) in [4.78, 5) is 12.1. The van der Waals surface area contributed by atoms with E-state index in [1.54, 1.807) is 0 Å². The molecular formula is C20H37NO3. The van der Waals surface area contributed by atoms with E-state index in [9.17, 15) is 9.90 Å².